The molecule has 0 fully saturated rings. The van der Waals surface area contributed by atoms with Gasteiger partial charge in [0, 0.05) is 41.0 Å². The zero-order valence-electron chi connectivity index (χ0n) is 9.62. The molecule has 0 rings (SSSR count). The highest BCUT2D eigenvalue weighted by Gasteiger charge is 2.20. The number of hydrogen-bond donors (Lipinski definition) is 0. The molecule has 2 atom stereocenters. The van der Waals surface area contributed by atoms with Crippen molar-refractivity contribution in [1.29, 1.82) is 0 Å². The van der Waals surface area contributed by atoms with Crippen molar-refractivity contribution >= 4 is 0 Å². The predicted octanol–water partition coefficient (Wildman–Crippen LogP) is 0.947. The van der Waals surface area contributed by atoms with Crippen LogP contribution < -0.4 is 0 Å². The Bertz CT molecular complexity index is 119. The lowest BCUT2D eigenvalue weighted by Crippen LogP contribution is -2.31. The van der Waals surface area contributed by atoms with Crippen LogP contribution in [-0.2, 0) is 18.9 Å². The van der Waals surface area contributed by atoms with Gasteiger partial charge in [-0.15, -0.1) is 0 Å². The van der Waals surface area contributed by atoms with Crippen molar-refractivity contribution in [2.45, 2.75) is 12.5 Å². The highest BCUT2D eigenvalue weighted by molar-refractivity contribution is 4.69. The highest BCUT2D eigenvalue weighted by atomic mass is 16.5. The van der Waals surface area contributed by atoms with Crippen LogP contribution in [0.3, 0.4) is 0 Å². The lowest BCUT2D eigenvalue weighted by molar-refractivity contribution is -0.0380. The smallest absolute Gasteiger partial charge is 0.0855 e. The largest absolute Gasteiger partial charge is 0.385 e. The standard InChI is InChI=1S/C10H22O4/c1-11-6-5-9(7-12-2)10(14-4)8-13-3/h9-10H,5-8H2,1-4H3. The Kier molecular flexibility index (Phi) is 9.29. The van der Waals surface area contributed by atoms with Crippen LogP contribution in [0, 0.1) is 5.92 Å². The van der Waals surface area contributed by atoms with Crippen molar-refractivity contribution in [2.24, 2.45) is 5.92 Å². The highest BCUT2D eigenvalue weighted by Crippen LogP contribution is 2.13. The molecule has 4 heteroatoms. The molecule has 0 aliphatic heterocycles. The first-order chi connectivity index (χ1) is 6.79. The van der Waals surface area contributed by atoms with Gasteiger partial charge in [0.1, 0.15) is 0 Å². The van der Waals surface area contributed by atoms with E-state index in [2.05, 4.69) is 0 Å². The second-order valence-electron chi connectivity index (χ2n) is 3.23. The first kappa shape index (κ1) is 13.8. The van der Waals surface area contributed by atoms with E-state index in [-0.39, 0.29) is 6.10 Å². The fraction of sp³-hybridized carbons (Fsp3) is 1.00. The number of methoxy groups -OCH3 is 4. The van der Waals surface area contributed by atoms with Gasteiger partial charge in [0.15, 0.2) is 0 Å². The summed E-state index contributed by atoms with van der Waals surface area (Å²) in [5.41, 5.74) is 0. The molecule has 0 aromatic rings. The lowest BCUT2D eigenvalue weighted by atomic mass is 10.0. The van der Waals surface area contributed by atoms with Crippen LogP contribution >= 0.6 is 0 Å². The molecule has 0 bridgehead atoms. The van der Waals surface area contributed by atoms with E-state index < -0.39 is 0 Å². The molecule has 0 saturated heterocycles. The van der Waals surface area contributed by atoms with Crippen molar-refractivity contribution in [3.63, 3.8) is 0 Å². The Morgan fingerprint density at radius 1 is 0.857 bits per heavy atom. The van der Waals surface area contributed by atoms with Crippen molar-refractivity contribution < 1.29 is 18.9 Å². The molecule has 0 heterocycles. The SMILES string of the molecule is COCCC(COC)C(COC)OC. The third kappa shape index (κ3) is 5.54. The summed E-state index contributed by atoms with van der Waals surface area (Å²) in [4.78, 5) is 0. The first-order valence-electron chi connectivity index (χ1n) is 4.79. The van der Waals surface area contributed by atoms with Gasteiger partial charge in [0.25, 0.3) is 0 Å². The van der Waals surface area contributed by atoms with E-state index in [1.165, 1.54) is 0 Å². The van der Waals surface area contributed by atoms with Crippen LogP contribution in [-0.4, -0.2) is 54.4 Å². The van der Waals surface area contributed by atoms with E-state index >= 15 is 0 Å². The van der Waals surface area contributed by atoms with Crippen molar-refractivity contribution in [1.82, 2.24) is 0 Å². The van der Waals surface area contributed by atoms with Gasteiger partial charge in [-0.05, 0) is 6.42 Å². The average molecular weight is 206 g/mol. The van der Waals surface area contributed by atoms with E-state index in [4.69, 9.17) is 18.9 Å². The summed E-state index contributed by atoms with van der Waals surface area (Å²) in [6.45, 7) is 1.98. The fourth-order valence-corrected chi connectivity index (χ4v) is 1.42. The molecule has 0 aromatic heterocycles. The van der Waals surface area contributed by atoms with Crippen LogP contribution in [0.1, 0.15) is 6.42 Å². The Balaban J connectivity index is 3.97. The molecule has 0 amide bonds. The molecule has 0 aliphatic carbocycles. The summed E-state index contributed by atoms with van der Waals surface area (Å²) >= 11 is 0. The maximum atomic E-state index is 5.34. The first-order valence-corrected chi connectivity index (χ1v) is 4.79. The maximum Gasteiger partial charge on any atom is 0.0855 e. The monoisotopic (exact) mass is 206 g/mol. The fourth-order valence-electron chi connectivity index (χ4n) is 1.42. The van der Waals surface area contributed by atoms with Crippen molar-refractivity contribution in [3.05, 3.63) is 0 Å². The van der Waals surface area contributed by atoms with E-state index in [1.54, 1.807) is 28.4 Å². The lowest BCUT2D eigenvalue weighted by Gasteiger charge is -2.24. The van der Waals surface area contributed by atoms with Crippen molar-refractivity contribution in [3.8, 4) is 0 Å². The number of rotatable bonds is 9. The molecule has 14 heavy (non-hydrogen) atoms. The normalized spacial score (nSPS) is 15.4. The molecule has 0 aliphatic rings. The van der Waals surface area contributed by atoms with E-state index in [1.807, 2.05) is 0 Å². The van der Waals surface area contributed by atoms with Gasteiger partial charge in [-0.2, -0.15) is 0 Å². The second-order valence-corrected chi connectivity index (χ2v) is 3.23. The molecular formula is C10H22O4. The van der Waals surface area contributed by atoms with E-state index in [0.29, 0.717) is 19.1 Å². The molecule has 0 saturated carbocycles. The quantitative estimate of drug-likeness (QED) is 0.563. The molecule has 0 N–H and O–H groups in total. The molecule has 0 radical (unpaired) electrons. The van der Waals surface area contributed by atoms with Gasteiger partial charge in [-0.1, -0.05) is 0 Å². The summed E-state index contributed by atoms with van der Waals surface area (Å²) < 4.78 is 20.6. The minimum atomic E-state index is 0.0788. The minimum absolute atomic E-state index is 0.0788. The van der Waals surface area contributed by atoms with Crippen LogP contribution in [0.25, 0.3) is 0 Å². The molecule has 86 valence electrons. The molecular weight excluding hydrogens is 184 g/mol. The Morgan fingerprint density at radius 2 is 1.50 bits per heavy atom. The zero-order valence-corrected chi connectivity index (χ0v) is 9.62. The summed E-state index contributed by atoms with van der Waals surface area (Å²) in [5.74, 6) is 0.324. The molecule has 4 nitrogen and oxygen atoms in total. The predicted molar refractivity (Wildman–Crippen MR) is 54.5 cm³/mol. The van der Waals surface area contributed by atoms with Crippen LogP contribution in [0.15, 0.2) is 0 Å². The summed E-state index contributed by atoms with van der Waals surface area (Å²) in [5, 5.41) is 0. The Hall–Kier alpha value is -0.160. The molecule has 0 aromatic carbocycles. The summed E-state index contributed by atoms with van der Waals surface area (Å²) in [6, 6.07) is 0. The topological polar surface area (TPSA) is 36.9 Å². The third-order valence-corrected chi connectivity index (χ3v) is 2.23. The summed E-state index contributed by atoms with van der Waals surface area (Å²) in [7, 11) is 6.76. The van der Waals surface area contributed by atoms with Gasteiger partial charge in [-0.25, -0.2) is 0 Å². The van der Waals surface area contributed by atoms with Crippen LogP contribution in [0.4, 0.5) is 0 Å². The van der Waals surface area contributed by atoms with E-state index in [9.17, 15) is 0 Å². The van der Waals surface area contributed by atoms with Crippen LogP contribution in [0.2, 0.25) is 0 Å². The van der Waals surface area contributed by atoms with Gasteiger partial charge in [0.05, 0.1) is 19.3 Å². The second kappa shape index (κ2) is 9.40. The third-order valence-electron chi connectivity index (χ3n) is 2.23. The molecule has 2 unspecified atom stereocenters. The van der Waals surface area contributed by atoms with Gasteiger partial charge < -0.3 is 18.9 Å². The van der Waals surface area contributed by atoms with E-state index in [0.717, 1.165) is 13.0 Å². The number of ether oxygens (including phenoxy) is 4. The van der Waals surface area contributed by atoms with Gasteiger partial charge in [0.2, 0.25) is 0 Å². The summed E-state index contributed by atoms with van der Waals surface area (Å²) in [6.07, 6.45) is 1.00. The van der Waals surface area contributed by atoms with Gasteiger partial charge in [-0.3, -0.25) is 0 Å². The average Bonchev–Trinajstić information content (AvgIpc) is 2.21. The molecule has 0 spiro atoms. The van der Waals surface area contributed by atoms with Crippen molar-refractivity contribution in [2.75, 3.05) is 48.3 Å². The van der Waals surface area contributed by atoms with Gasteiger partial charge >= 0.3 is 0 Å². The maximum absolute atomic E-state index is 5.34. The number of hydrogen-bond acceptors (Lipinski definition) is 4. The Labute approximate surface area is 86.5 Å². The minimum Gasteiger partial charge on any atom is -0.385 e. The van der Waals surface area contributed by atoms with Crippen LogP contribution in [0.5, 0.6) is 0 Å². The zero-order chi connectivity index (χ0) is 10.8. The Morgan fingerprint density at radius 3 is 1.93 bits per heavy atom.